The molecule has 0 spiro atoms. The van der Waals surface area contributed by atoms with Crippen molar-refractivity contribution in [1.82, 2.24) is 0 Å². The molecule has 0 heterocycles. The van der Waals surface area contributed by atoms with Gasteiger partial charge in [-0.1, -0.05) is 59.7 Å². The van der Waals surface area contributed by atoms with Crippen LogP contribution in [0.5, 0.6) is 0 Å². The van der Waals surface area contributed by atoms with E-state index in [1.54, 1.807) is 36.4 Å². The molecule has 26 heavy (non-hydrogen) atoms. The van der Waals surface area contributed by atoms with Gasteiger partial charge in [0.2, 0.25) is 0 Å². The van der Waals surface area contributed by atoms with Crippen LogP contribution in [-0.2, 0) is 10.0 Å². The molecule has 0 aromatic heterocycles. The molecule has 2 aromatic carbocycles. The summed E-state index contributed by atoms with van der Waals surface area (Å²) in [5.74, 6) is 0.178. The van der Waals surface area contributed by atoms with E-state index in [1.807, 2.05) is 50.3 Å². The number of hydrogen-bond acceptors (Lipinski definition) is 2. The molecule has 132 valence electrons. The lowest BCUT2D eigenvalue weighted by molar-refractivity contribution is 0.598. The van der Waals surface area contributed by atoms with Gasteiger partial charge >= 0.3 is 0 Å². The molecule has 0 N–H and O–H groups in total. The molecule has 1 aliphatic carbocycles. The number of amidine groups is 1. The Hall–Kier alpha value is -2.79. The third-order valence-corrected chi connectivity index (χ3v) is 5.20. The van der Waals surface area contributed by atoms with Gasteiger partial charge in [-0.05, 0) is 44.6 Å². The van der Waals surface area contributed by atoms with Crippen LogP contribution in [0.15, 0.2) is 92.7 Å². The largest absolute Gasteiger partial charge is 0.284 e. The van der Waals surface area contributed by atoms with E-state index in [4.69, 9.17) is 0 Å². The van der Waals surface area contributed by atoms with Crippen LogP contribution < -0.4 is 0 Å². The SMILES string of the molecule is CC1=CC(=NC(=NS(=O)(=O)c2ccc(C)cc2)c2ccccc2)C=CC1. The second-order valence-corrected chi connectivity index (χ2v) is 7.81. The summed E-state index contributed by atoms with van der Waals surface area (Å²) in [4.78, 5) is 4.66. The molecule has 0 fully saturated rings. The molecule has 0 radical (unpaired) electrons. The Labute approximate surface area is 154 Å². The summed E-state index contributed by atoms with van der Waals surface area (Å²) in [5, 5.41) is 0. The molecule has 0 bridgehead atoms. The number of rotatable bonds is 3. The number of hydrogen-bond donors (Lipinski definition) is 0. The molecule has 3 rings (SSSR count). The van der Waals surface area contributed by atoms with E-state index in [0.29, 0.717) is 11.3 Å². The lowest BCUT2D eigenvalue weighted by Gasteiger charge is -2.07. The van der Waals surface area contributed by atoms with Gasteiger partial charge in [0.05, 0.1) is 10.6 Å². The number of benzene rings is 2. The maximum atomic E-state index is 12.7. The Morgan fingerprint density at radius 1 is 0.962 bits per heavy atom. The molecule has 4 nitrogen and oxygen atoms in total. The molecular weight excluding hydrogens is 344 g/mol. The van der Waals surface area contributed by atoms with E-state index >= 15 is 0 Å². The van der Waals surface area contributed by atoms with Gasteiger partial charge in [-0.15, -0.1) is 4.40 Å². The fourth-order valence-corrected chi connectivity index (χ4v) is 3.48. The van der Waals surface area contributed by atoms with Gasteiger partial charge < -0.3 is 0 Å². The highest BCUT2D eigenvalue weighted by Crippen LogP contribution is 2.16. The number of nitrogens with zero attached hydrogens (tertiary/aromatic N) is 2. The zero-order valence-corrected chi connectivity index (χ0v) is 15.6. The minimum Gasteiger partial charge on any atom is -0.228 e. The highest BCUT2D eigenvalue weighted by Gasteiger charge is 2.15. The Balaban J connectivity index is 2.10. The summed E-state index contributed by atoms with van der Waals surface area (Å²) in [5.41, 5.74) is 3.50. The third-order valence-electron chi connectivity index (χ3n) is 3.92. The van der Waals surface area contributed by atoms with Crippen LogP contribution in [0.3, 0.4) is 0 Å². The van der Waals surface area contributed by atoms with E-state index in [0.717, 1.165) is 12.0 Å². The first-order valence-electron chi connectivity index (χ1n) is 8.33. The lowest BCUT2D eigenvalue weighted by atomic mass is 10.1. The average molecular weight is 364 g/mol. The summed E-state index contributed by atoms with van der Waals surface area (Å²) >= 11 is 0. The zero-order chi connectivity index (χ0) is 18.6. The first-order chi connectivity index (χ1) is 12.4. The van der Waals surface area contributed by atoms with Crippen LogP contribution in [0.25, 0.3) is 0 Å². The second kappa shape index (κ2) is 7.62. The van der Waals surface area contributed by atoms with E-state index in [1.165, 1.54) is 5.57 Å². The highest BCUT2D eigenvalue weighted by molar-refractivity contribution is 7.90. The Kier molecular flexibility index (Phi) is 5.28. The van der Waals surface area contributed by atoms with Crippen molar-refractivity contribution in [2.75, 3.05) is 0 Å². The topological polar surface area (TPSA) is 58.9 Å². The zero-order valence-electron chi connectivity index (χ0n) is 14.8. The molecular formula is C21H20N2O2S. The molecule has 5 heteroatoms. The minimum absolute atomic E-state index is 0.155. The summed E-state index contributed by atoms with van der Waals surface area (Å²) in [6.07, 6.45) is 6.70. The van der Waals surface area contributed by atoms with E-state index in [-0.39, 0.29) is 10.7 Å². The molecule has 0 atom stereocenters. The normalized spacial score (nSPS) is 16.6. The standard InChI is InChI=1S/C21H20N2O2S/c1-16-11-13-20(14-12-16)26(24,25)23-21(18-8-4-3-5-9-18)22-19-10-6-7-17(2)15-19/h3-6,8-15H,7H2,1-2H3. The summed E-state index contributed by atoms with van der Waals surface area (Å²) < 4.78 is 29.5. The van der Waals surface area contributed by atoms with E-state index < -0.39 is 10.0 Å². The quantitative estimate of drug-likeness (QED) is 0.596. The predicted molar refractivity (Wildman–Crippen MR) is 106 cm³/mol. The monoisotopic (exact) mass is 364 g/mol. The Bertz CT molecular complexity index is 1010. The fourth-order valence-electron chi connectivity index (χ4n) is 2.52. The van der Waals surface area contributed by atoms with Crippen molar-refractivity contribution in [3.8, 4) is 0 Å². The Morgan fingerprint density at radius 3 is 2.31 bits per heavy atom. The summed E-state index contributed by atoms with van der Waals surface area (Å²) in [7, 11) is -3.85. The number of aliphatic imine (C=N–C) groups is 1. The first kappa shape index (κ1) is 18.0. The van der Waals surface area contributed by atoms with Gasteiger partial charge in [-0.3, -0.25) is 0 Å². The van der Waals surface area contributed by atoms with Crippen LogP contribution in [0, 0.1) is 6.92 Å². The molecule has 0 aliphatic heterocycles. The summed E-state index contributed by atoms with van der Waals surface area (Å²) in [6, 6.07) is 15.8. The minimum atomic E-state index is -3.85. The van der Waals surface area contributed by atoms with E-state index in [2.05, 4.69) is 9.39 Å². The maximum Gasteiger partial charge on any atom is 0.284 e. The lowest BCUT2D eigenvalue weighted by Crippen LogP contribution is -2.08. The van der Waals surface area contributed by atoms with Gasteiger partial charge in [-0.2, -0.15) is 8.42 Å². The average Bonchev–Trinajstić information content (AvgIpc) is 2.62. The van der Waals surface area contributed by atoms with Crippen LogP contribution in [0.2, 0.25) is 0 Å². The molecule has 0 saturated carbocycles. The van der Waals surface area contributed by atoms with Crippen LogP contribution in [-0.4, -0.2) is 20.0 Å². The predicted octanol–water partition coefficient (Wildman–Crippen LogP) is 4.48. The Morgan fingerprint density at radius 2 is 1.65 bits per heavy atom. The fraction of sp³-hybridized carbons (Fsp3) is 0.143. The van der Waals surface area contributed by atoms with Gasteiger partial charge in [0.25, 0.3) is 10.0 Å². The van der Waals surface area contributed by atoms with Crippen molar-refractivity contribution in [1.29, 1.82) is 0 Å². The molecule has 0 amide bonds. The number of sulfonamides is 1. The highest BCUT2D eigenvalue weighted by atomic mass is 32.2. The maximum absolute atomic E-state index is 12.7. The van der Waals surface area contributed by atoms with Crippen LogP contribution in [0.4, 0.5) is 0 Å². The van der Waals surface area contributed by atoms with Crippen molar-refractivity contribution in [3.05, 3.63) is 89.5 Å². The molecule has 2 aromatic rings. The molecule has 0 unspecified atom stereocenters. The van der Waals surface area contributed by atoms with Crippen LogP contribution >= 0.6 is 0 Å². The first-order valence-corrected chi connectivity index (χ1v) is 9.77. The molecule has 0 saturated heterocycles. The van der Waals surface area contributed by atoms with Gasteiger partial charge in [0.1, 0.15) is 0 Å². The van der Waals surface area contributed by atoms with Crippen molar-refractivity contribution in [3.63, 3.8) is 0 Å². The smallest absolute Gasteiger partial charge is 0.228 e. The van der Waals surface area contributed by atoms with Gasteiger partial charge in [0.15, 0.2) is 5.84 Å². The van der Waals surface area contributed by atoms with Gasteiger partial charge in [0, 0.05) is 5.56 Å². The molecule has 1 aliphatic rings. The number of allylic oxidation sites excluding steroid dienone is 4. The van der Waals surface area contributed by atoms with Crippen LogP contribution in [0.1, 0.15) is 24.5 Å². The van der Waals surface area contributed by atoms with Crippen molar-refractivity contribution in [2.45, 2.75) is 25.2 Å². The second-order valence-electron chi connectivity index (χ2n) is 6.20. The number of aryl methyl sites for hydroxylation is 1. The van der Waals surface area contributed by atoms with Crippen molar-refractivity contribution < 1.29 is 8.42 Å². The van der Waals surface area contributed by atoms with Crippen molar-refractivity contribution >= 4 is 21.6 Å². The van der Waals surface area contributed by atoms with E-state index in [9.17, 15) is 8.42 Å². The van der Waals surface area contributed by atoms with Crippen molar-refractivity contribution in [2.24, 2.45) is 9.39 Å². The third kappa shape index (κ3) is 4.43. The summed E-state index contributed by atoms with van der Waals surface area (Å²) in [6.45, 7) is 3.92. The van der Waals surface area contributed by atoms with Gasteiger partial charge in [-0.25, -0.2) is 4.99 Å².